The lowest BCUT2D eigenvalue weighted by molar-refractivity contribution is -0.151. The van der Waals surface area contributed by atoms with Crippen molar-refractivity contribution in [3.05, 3.63) is 35.4 Å². The molecule has 1 fully saturated rings. The number of amides is 2. The molecule has 1 aliphatic carbocycles. The maximum absolute atomic E-state index is 12.8. The molecule has 0 saturated heterocycles. The Bertz CT molecular complexity index is 648. The van der Waals surface area contributed by atoms with E-state index in [9.17, 15) is 19.5 Å². The number of aliphatic carboxylic acids is 1. The molecule has 6 heteroatoms. The number of carboxylic acid groups (broad SMARTS) is 1. The second-order valence-electron chi connectivity index (χ2n) is 6.54. The number of benzene rings is 1. The molecule has 0 aromatic heterocycles. The molecule has 130 valence electrons. The molecular weight excluding hydrogens is 308 g/mol. The highest BCUT2D eigenvalue weighted by Crippen LogP contribution is 2.34. The molecule has 0 bridgehead atoms. The Morgan fingerprint density at radius 1 is 0.958 bits per heavy atom. The van der Waals surface area contributed by atoms with Gasteiger partial charge < -0.3 is 14.9 Å². The van der Waals surface area contributed by atoms with Gasteiger partial charge in [0.1, 0.15) is 5.54 Å². The van der Waals surface area contributed by atoms with Crippen molar-refractivity contribution in [2.45, 2.75) is 37.6 Å². The fourth-order valence-corrected chi connectivity index (χ4v) is 3.26. The largest absolute Gasteiger partial charge is 0.479 e. The third-order valence-corrected chi connectivity index (χ3v) is 4.79. The van der Waals surface area contributed by atoms with E-state index < -0.39 is 11.5 Å². The van der Waals surface area contributed by atoms with Gasteiger partial charge in [-0.15, -0.1) is 0 Å². The summed E-state index contributed by atoms with van der Waals surface area (Å²) in [5.41, 5.74) is -0.416. The van der Waals surface area contributed by atoms with Crippen molar-refractivity contribution in [3.63, 3.8) is 0 Å². The van der Waals surface area contributed by atoms with Gasteiger partial charge in [0.05, 0.1) is 0 Å². The molecule has 0 aliphatic heterocycles. The van der Waals surface area contributed by atoms with E-state index in [1.807, 2.05) is 0 Å². The zero-order valence-electron chi connectivity index (χ0n) is 14.4. The second-order valence-corrected chi connectivity index (χ2v) is 6.54. The smallest absolute Gasteiger partial charge is 0.329 e. The Morgan fingerprint density at radius 3 is 2.00 bits per heavy atom. The van der Waals surface area contributed by atoms with Crippen molar-refractivity contribution in [1.82, 2.24) is 9.80 Å². The summed E-state index contributed by atoms with van der Waals surface area (Å²) in [6.07, 6.45) is 3.50. The topological polar surface area (TPSA) is 77.9 Å². The van der Waals surface area contributed by atoms with Gasteiger partial charge in [0.25, 0.3) is 11.8 Å². The number of rotatable bonds is 4. The quantitative estimate of drug-likeness (QED) is 0.917. The van der Waals surface area contributed by atoms with Crippen molar-refractivity contribution < 1.29 is 19.5 Å². The lowest BCUT2D eigenvalue weighted by Crippen LogP contribution is -2.56. The highest BCUT2D eigenvalue weighted by atomic mass is 16.4. The van der Waals surface area contributed by atoms with E-state index >= 15 is 0 Å². The molecule has 2 amide bonds. The molecule has 24 heavy (non-hydrogen) atoms. The summed E-state index contributed by atoms with van der Waals surface area (Å²) >= 11 is 0. The fourth-order valence-electron chi connectivity index (χ4n) is 3.26. The molecule has 1 N–H and O–H groups in total. The first-order valence-corrected chi connectivity index (χ1v) is 8.13. The first-order chi connectivity index (χ1) is 11.3. The summed E-state index contributed by atoms with van der Waals surface area (Å²) in [5.74, 6) is -1.52. The van der Waals surface area contributed by atoms with E-state index in [4.69, 9.17) is 0 Å². The maximum Gasteiger partial charge on any atom is 0.329 e. The molecular formula is C18H24N2O4. The number of likely N-dealkylation sites (N-methyl/N-ethyl adjacent to an activating group) is 1. The highest BCUT2D eigenvalue weighted by molar-refractivity contribution is 6.01. The van der Waals surface area contributed by atoms with Crippen LogP contribution in [-0.4, -0.2) is 59.4 Å². The molecule has 0 radical (unpaired) electrons. The van der Waals surface area contributed by atoms with Crippen LogP contribution in [0.15, 0.2) is 24.3 Å². The van der Waals surface area contributed by atoms with Crippen LogP contribution in [0.3, 0.4) is 0 Å². The number of carbonyl (C=O) groups excluding carboxylic acids is 2. The Balaban J connectivity index is 2.32. The Hall–Kier alpha value is -2.37. The summed E-state index contributed by atoms with van der Waals surface area (Å²) in [5, 5.41) is 9.72. The van der Waals surface area contributed by atoms with Crippen molar-refractivity contribution in [2.75, 3.05) is 21.1 Å². The molecule has 0 unspecified atom stereocenters. The minimum absolute atomic E-state index is 0.196. The fraction of sp³-hybridized carbons (Fsp3) is 0.500. The molecule has 0 heterocycles. The van der Waals surface area contributed by atoms with Gasteiger partial charge in [-0.1, -0.05) is 25.3 Å². The van der Waals surface area contributed by atoms with E-state index in [2.05, 4.69) is 0 Å². The SMILES string of the molecule is CN(C)C(=O)c1cccc(C(=O)N(C)C2(C(=O)O)CCCCC2)c1. The molecule has 2 rings (SSSR count). The van der Waals surface area contributed by atoms with Gasteiger partial charge >= 0.3 is 5.97 Å². The van der Waals surface area contributed by atoms with Gasteiger partial charge in [-0.3, -0.25) is 9.59 Å². The number of hydrogen-bond donors (Lipinski definition) is 1. The maximum atomic E-state index is 12.8. The van der Waals surface area contributed by atoms with Crippen LogP contribution in [0.25, 0.3) is 0 Å². The van der Waals surface area contributed by atoms with Crippen LogP contribution in [0, 0.1) is 0 Å². The summed E-state index contributed by atoms with van der Waals surface area (Å²) < 4.78 is 0. The first-order valence-electron chi connectivity index (χ1n) is 8.13. The van der Waals surface area contributed by atoms with E-state index in [-0.39, 0.29) is 11.8 Å². The summed E-state index contributed by atoms with van der Waals surface area (Å²) in [7, 11) is 4.83. The zero-order valence-corrected chi connectivity index (χ0v) is 14.4. The van der Waals surface area contributed by atoms with Gasteiger partial charge in [0.15, 0.2) is 0 Å². The number of carboxylic acids is 1. The van der Waals surface area contributed by atoms with E-state index in [0.29, 0.717) is 24.0 Å². The first kappa shape index (κ1) is 18.0. The van der Waals surface area contributed by atoms with Crippen LogP contribution in [0.1, 0.15) is 52.8 Å². The minimum Gasteiger partial charge on any atom is -0.479 e. The van der Waals surface area contributed by atoms with Crippen LogP contribution in [0.5, 0.6) is 0 Å². The second kappa shape index (κ2) is 7.03. The molecule has 1 aliphatic rings. The van der Waals surface area contributed by atoms with Crippen molar-refractivity contribution in [3.8, 4) is 0 Å². The predicted octanol–water partition coefficient (Wildman–Crippen LogP) is 2.25. The average molecular weight is 332 g/mol. The van der Waals surface area contributed by atoms with Crippen LogP contribution >= 0.6 is 0 Å². The van der Waals surface area contributed by atoms with E-state index in [0.717, 1.165) is 19.3 Å². The molecule has 0 atom stereocenters. The van der Waals surface area contributed by atoms with Crippen LogP contribution in [0.4, 0.5) is 0 Å². The van der Waals surface area contributed by atoms with Crippen LogP contribution in [-0.2, 0) is 4.79 Å². The lowest BCUT2D eigenvalue weighted by Gasteiger charge is -2.41. The number of hydrogen-bond acceptors (Lipinski definition) is 3. The third kappa shape index (κ3) is 3.27. The normalized spacial score (nSPS) is 16.3. The summed E-state index contributed by atoms with van der Waals surface area (Å²) in [6.45, 7) is 0. The van der Waals surface area contributed by atoms with E-state index in [1.165, 1.54) is 15.9 Å². The van der Waals surface area contributed by atoms with Gasteiger partial charge in [-0.25, -0.2) is 4.79 Å². The minimum atomic E-state index is -1.16. The van der Waals surface area contributed by atoms with Crippen LogP contribution in [0.2, 0.25) is 0 Å². The van der Waals surface area contributed by atoms with Crippen LogP contribution < -0.4 is 0 Å². The third-order valence-electron chi connectivity index (χ3n) is 4.79. The van der Waals surface area contributed by atoms with Gasteiger partial charge in [0.2, 0.25) is 0 Å². The monoisotopic (exact) mass is 332 g/mol. The Kier molecular flexibility index (Phi) is 5.26. The molecule has 0 spiro atoms. The van der Waals surface area contributed by atoms with Gasteiger partial charge in [-0.2, -0.15) is 0 Å². The Labute approximate surface area is 142 Å². The highest BCUT2D eigenvalue weighted by Gasteiger charge is 2.45. The van der Waals surface area contributed by atoms with Gasteiger partial charge in [0, 0.05) is 32.3 Å². The molecule has 1 aromatic rings. The number of nitrogens with zero attached hydrogens (tertiary/aromatic N) is 2. The average Bonchev–Trinajstić information content (AvgIpc) is 2.60. The summed E-state index contributed by atoms with van der Waals surface area (Å²) in [6, 6.07) is 6.43. The van der Waals surface area contributed by atoms with Gasteiger partial charge in [-0.05, 0) is 31.0 Å². The van der Waals surface area contributed by atoms with Crippen molar-refractivity contribution >= 4 is 17.8 Å². The predicted molar refractivity (Wildman–Crippen MR) is 90.0 cm³/mol. The lowest BCUT2D eigenvalue weighted by atomic mass is 9.80. The molecule has 1 saturated carbocycles. The van der Waals surface area contributed by atoms with Crippen molar-refractivity contribution in [2.24, 2.45) is 0 Å². The zero-order chi connectivity index (χ0) is 17.9. The molecule has 1 aromatic carbocycles. The van der Waals surface area contributed by atoms with E-state index in [1.54, 1.807) is 39.3 Å². The number of carbonyl (C=O) groups is 3. The Morgan fingerprint density at radius 2 is 1.50 bits per heavy atom. The summed E-state index contributed by atoms with van der Waals surface area (Å²) in [4.78, 5) is 39.5. The van der Waals surface area contributed by atoms with Crippen molar-refractivity contribution in [1.29, 1.82) is 0 Å². The standard InChI is InChI=1S/C18H24N2O4/c1-19(2)15(21)13-8-7-9-14(12-13)16(22)20(3)18(17(23)24)10-5-4-6-11-18/h7-9,12H,4-6,10-11H2,1-3H3,(H,23,24). The molecule has 6 nitrogen and oxygen atoms in total.